The van der Waals surface area contributed by atoms with E-state index in [-0.39, 0.29) is 43.3 Å². The summed E-state index contributed by atoms with van der Waals surface area (Å²) in [7, 11) is 0. The summed E-state index contributed by atoms with van der Waals surface area (Å²) in [6.07, 6.45) is 10.7. The number of rotatable bonds is 9. The second kappa shape index (κ2) is 15.0. The molecule has 192 valence electrons. The molecule has 2 fully saturated rings. The van der Waals surface area contributed by atoms with Crippen LogP contribution in [0.1, 0.15) is 44.1 Å². The number of ether oxygens (including phenoxy) is 1. The number of hydrogen-bond donors (Lipinski definition) is 2. The number of piperidine rings is 2. The lowest BCUT2D eigenvalue weighted by Crippen LogP contribution is -2.46. The standard InChI is InChI=1S/C26H34ClN3O4.ClH/c1-2-21(26(33)34-18-20-5-8-23(27)9-6-20)16-29-25(32)22-4-3-15-30(17-22)24(31)10-7-19-11-13-28-14-12-19;/h1,5-6,8-9,19,21-22,28H,3-4,7,10-18H2,(H,29,32);1H/t21-,22+;/m0./s1. The summed E-state index contributed by atoms with van der Waals surface area (Å²) < 4.78 is 5.29. The maximum absolute atomic E-state index is 12.7. The summed E-state index contributed by atoms with van der Waals surface area (Å²) in [5.41, 5.74) is 0.796. The molecule has 0 saturated carbocycles. The van der Waals surface area contributed by atoms with E-state index in [0.717, 1.165) is 44.3 Å². The van der Waals surface area contributed by atoms with Crippen molar-refractivity contribution < 1.29 is 19.1 Å². The van der Waals surface area contributed by atoms with Gasteiger partial charge in [-0.15, -0.1) is 18.8 Å². The van der Waals surface area contributed by atoms with Gasteiger partial charge in [0, 0.05) is 31.1 Å². The lowest BCUT2D eigenvalue weighted by molar-refractivity contribution is -0.147. The molecule has 9 heteroatoms. The van der Waals surface area contributed by atoms with Crippen molar-refractivity contribution in [1.29, 1.82) is 0 Å². The van der Waals surface area contributed by atoms with E-state index < -0.39 is 11.9 Å². The van der Waals surface area contributed by atoms with Crippen LogP contribution in [-0.4, -0.2) is 55.4 Å². The van der Waals surface area contributed by atoms with Crippen LogP contribution in [0.2, 0.25) is 5.02 Å². The molecule has 2 N–H and O–H groups in total. The summed E-state index contributed by atoms with van der Waals surface area (Å²) in [5, 5.41) is 6.74. The van der Waals surface area contributed by atoms with Crippen molar-refractivity contribution in [2.75, 3.05) is 32.7 Å². The van der Waals surface area contributed by atoms with Gasteiger partial charge in [0.2, 0.25) is 11.8 Å². The summed E-state index contributed by atoms with van der Waals surface area (Å²) in [5.74, 6) is 1.23. The molecule has 2 amide bonds. The number of halogens is 2. The first-order valence-electron chi connectivity index (χ1n) is 12.1. The quantitative estimate of drug-likeness (QED) is 0.383. The second-order valence-electron chi connectivity index (χ2n) is 9.11. The van der Waals surface area contributed by atoms with E-state index >= 15 is 0 Å². The van der Waals surface area contributed by atoms with Gasteiger partial charge in [0.25, 0.3) is 0 Å². The maximum Gasteiger partial charge on any atom is 0.323 e. The zero-order chi connectivity index (χ0) is 24.3. The van der Waals surface area contributed by atoms with Crippen LogP contribution in [-0.2, 0) is 25.7 Å². The van der Waals surface area contributed by atoms with Crippen LogP contribution in [0.5, 0.6) is 0 Å². The van der Waals surface area contributed by atoms with E-state index in [1.165, 1.54) is 0 Å². The Bertz CT molecular complexity index is 882. The van der Waals surface area contributed by atoms with Crippen LogP contribution in [0.15, 0.2) is 24.3 Å². The number of hydrogen-bond acceptors (Lipinski definition) is 5. The predicted molar refractivity (Wildman–Crippen MR) is 138 cm³/mol. The second-order valence-corrected chi connectivity index (χ2v) is 9.55. The normalized spacial score (nSPS) is 19.1. The van der Waals surface area contributed by atoms with E-state index in [4.69, 9.17) is 22.8 Å². The Hall–Kier alpha value is -2.27. The third kappa shape index (κ3) is 9.36. The fraction of sp³-hybridized carbons (Fsp3) is 0.577. The van der Waals surface area contributed by atoms with E-state index in [0.29, 0.717) is 36.9 Å². The largest absolute Gasteiger partial charge is 0.460 e. The van der Waals surface area contributed by atoms with E-state index in [9.17, 15) is 14.4 Å². The molecule has 0 aromatic heterocycles. The zero-order valence-corrected chi connectivity index (χ0v) is 21.5. The van der Waals surface area contributed by atoms with Crippen molar-refractivity contribution in [2.45, 2.75) is 45.1 Å². The Morgan fingerprint density at radius 3 is 2.60 bits per heavy atom. The summed E-state index contributed by atoms with van der Waals surface area (Å²) in [4.78, 5) is 39.6. The van der Waals surface area contributed by atoms with Crippen molar-refractivity contribution in [3.05, 3.63) is 34.9 Å². The Morgan fingerprint density at radius 2 is 1.91 bits per heavy atom. The molecular weight excluding hydrogens is 489 g/mol. The number of nitrogens with one attached hydrogen (secondary N) is 2. The van der Waals surface area contributed by atoms with Gasteiger partial charge in [0.05, 0.1) is 5.92 Å². The average molecular weight is 524 g/mol. The summed E-state index contributed by atoms with van der Waals surface area (Å²) in [6.45, 7) is 3.25. The number of esters is 1. The number of carbonyl (C=O) groups excluding carboxylic acids is 3. The van der Waals surface area contributed by atoms with Crippen molar-refractivity contribution in [3.8, 4) is 12.3 Å². The molecule has 0 unspecified atom stereocenters. The molecule has 0 radical (unpaired) electrons. The van der Waals surface area contributed by atoms with Crippen LogP contribution in [0.3, 0.4) is 0 Å². The van der Waals surface area contributed by atoms with Crippen LogP contribution in [0.25, 0.3) is 0 Å². The zero-order valence-electron chi connectivity index (χ0n) is 20.0. The monoisotopic (exact) mass is 523 g/mol. The summed E-state index contributed by atoms with van der Waals surface area (Å²) in [6, 6.07) is 6.97. The number of likely N-dealkylation sites (tertiary alicyclic amines) is 1. The van der Waals surface area contributed by atoms with Crippen molar-refractivity contribution in [2.24, 2.45) is 17.8 Å². The Morgan fingerprint density at radius 1 is 1.20 bits per heavy atom. The third-order valence-corrected chi connectivity index (χ3v) is 6.88. The van der Waals surface area contributed by atoms with Crippen LogP contribution in [0, 0.1) is 30.1 Å². The van der Waals surface area contributed by atoms with E-state index in [1.807, 2.05) is 4.90 Å². The van der Waals surface area contributed by atoms with Crippen molar-refractivity contribution >= 4 is 41.8 Å². The summed E-state index contributed by atoms with van der Waals surface area (Å²) >= 11 is 5.86. The van der Waals surface area contributed by atoms with E-state index in [1.54, 1.807) is 24.3 Å². The molecule has 2 aliphatic heterocycles. The minimum atomic E-state index is -0.873. The lowest BCUT2D eigenvalue weighted by atomic mass is 9.92. The van der Waals surface area contributed by atoms with Crippen LogP contribution < -0.4 is 10.6 Å². The fourth-order valence-corrected chi connectivity index (χ4v) is 4.59. The number of terminal acetylenes is 1. The molecule has 2 atom stereocenters. The van der Waals surface area contributed by atoms with Gasteiger partial charge in [-0.3, -0.25) is 14.4 Å². The minimum absolute atomic E-state index is 0. The highest BCUT2D eigenvalue weighted by molar-refractivity contribution is 6.30. The van der Waals surface area contributed by atoms with Crippen molar-refractivity contribution in [3.63, 3.8) is 0 Å². The van der Waals surface area contributed by atoms with Gasteiger partial charge < -0.3 is 20.3 Å². The number of benzene rings is 1. The lowest BCUT2D eigenvalue weighted by Gasteiger charge is -2.33. The van der Waals surface area contributed by atoms with Gasteiger partial charge >= 0.3 is 5.97 Å². The molecule has 2 saturated heterocycles. The molecule has 1 aromatic carbocycles. The maximum atomic E-state index is 12.7. The third-order valence-electron chi connectivity index (χ3n) is 6.63. The molecule has 7 nitrogen and oxygen atoms in total. The van der Waals surface area contributed by atoms with Gasteiger partial charge in [-0.1, -0.05) is 29.7 Å². The van der Waals surface area contributed by atoms with E-state index in [2.05, 4.69) is 16.6 Å². The highest BCUT2D eigenvalue weighted by Gasteiger charge is 2.29. The molecule has 2 aliphatic rings. The van der Waals surface area contributed by atoms with Gasteiger partial charge in [-0.05, 0) is 68.8 Å². The first kappa shape index (κ1) is 29.0. The first-order chi connectivity index (χ1) is 16.5. The Kier molecular flexibility index (Phi) is 12.4. The number of nitrogens with zero attached hydrogens (tertiary/aromatic N) is 1. The molecule has 1 aromatic rings. The highest BCUT2D eigenvalue weighted by Crippen LogP contribution is 2.21. The SMILES string of the molecule is C#C[C@@H](CNC(=O)[C@@H]1CCCN(C(=O)CCC2CCNCC2)C1)C(=O)OCc1ccc(Cl)cc1.Cl. The first-order valence-corrected chi connectivity index (χ1v) is 12.5. The van der Waals surface area contributed by atoms with Gasteiger partial charge in [0.15, 0.2) is 0 Å². The van der Waals surface area contributed by atoms with Crippen molar-refractivity contribution in [1.82, 2.24) is 15.5 Å². The molecule has 0 bridgehead atoms. The highest BCUT2D eigenvalue weighted by atomic mass is 35.5. The Balaban J connectivity index is 0.00000432. The average Bonchev–Trinajstić information content (AvgIpc) is 2.87. The van der Waals surface area contributed by atoms with Gasteiger partial charge in [-0.2, -0.15) is 0 Å². The topological polar surface area (TPSA) is 87.7 Å². The van der Waals surface area contributed by atoms with Crippen LogP contribution >= 0.6 is 24.0 Å². The molecule has 3 rings (SSSR count). The number of carbonyl (C=O) groups is 3. The van der Waals surface area contributed by atoms with Gasteiger partial charge in [0.1, 0.15) is 12.5 Å². The molecule has 0 spiro atoms. The fourth-order valence-electron chi connectivity index (χ4n) is 4.47. The minimum Gasteiger partial charge on any atom is -0.460 e. The predicted octanol–water partition coefficient (Wildman–Crippen LogP) is 3.19. The smallest absolute Gasteiger partial charge is 0.323 e. The van der Waals surface area contributed by atoms with Crippen LogP contribution in [0.4, 0.5) is 0 Å². The molecule has 0 aliphatic carbocycles. The molecular formula is C26H35Cl2N3O4. The molecule has 2 heterocycles. The number of amides is 2. The Labute approximate surface area is 219 Å². The van der Waals surface area contributed by atoms with Gasteiger partial charge in [-0.25, -0.2) is 0 Å². The molecule has 35 heavy (non-hydrogen) atoms.